The zero-order valence-electron chi connectivity index (χ0n) is 12.1. The molecule has 0 saturated heterocycles. The van der Waals surface area contributed by atoms with Gasteiger partial charge < -0.3 is 5.32 Å². The molecule has 0 aromatic heterocycles. The van der Waals surface area contributed by atoms with Crippen LogP contribution < -0.4 is 5.32 Å². The molecule has 1 unspecified atom stereocenters. The Labute approximate surface area is 138 Å². The third-order valence-electron chi connectivity index (χ3n) is 3.49. The normalized spacial score (nSPS) is 12.4. The minimum atomic E-state index is -0.255. The van der Waals surface area contributed by atoms with Crippen LogP contribution in [0, 0.1) is 12.7 Å². The maximum atomic E-state index is 14.0. The summed E-state index contributed by atoms with van der Waals surface area (Å²) in [4.78, 5) is 0. The molecule has 4 heteroatoms. The summed E-state index contributed by atoms with van der Waals surface area (Å²) in [7, 11) is 0. The third-order valence-corrected chi connectivity index (χ3v) is 4.81. The maximum absolute atomic E-state index is 14.0. The molecule has 0 saturated carbocycles. The second-order valence-corrected chi connectivity index (χ2v) is 6.26. The second kappa shape index (κ2) is 7.39. The van der Waals surface area contributed by atoms with Gasteiger partial charge in [0, 0.05) is 15.5 Å². The van der Waals surface area contributed by atoms with Crippen molar-refractivity contribution >= 4 is 27.5 Å². The fourth-order valence-electron chi connectivity index (χ4n) is 2.38. The Morgan fingerprint density at radius 1 is 1.29 bits per heavy atom. The van der Waals surface area contributed by atoms with Gasteiger partial charge in [-0.05, 0) is 48.7 Å². The highest BCUT2D eigenvalue weighted by Crippen LogP contribution is 2.29. The summed E-state index contributed by atoms with van der Waals surface area (Å²) in [5, 5.41) is 3.85. The number of hydrogen-bond acceptors (Lipinski definition) is 1. The number of nitrogens with one attached hydrogen (secondary N) is 1. The number of hydrogen-bond donors (Lipinski definition) is 1. The molecular weight excluding hydrogens is 353 g/mol. The van der Waals surface area contributed by atoms with Crippen molar-refractivity contribution in [3.8, 4) is 0 Å². The summed E-state index contributed by atoms with van der Waals surface area (Å²) in [5.41, 5.74) is 2.98. The Balaban J connectivity index is 2.33. The van der Waals surface area contributed by atoms with Crippen LogP contribution in [0.3, 0.4) is 0 Å². The van der Waals surface area contributed by atoms with E-state index >= 15 is 0 Å². The van der Waals surface area contributed by atoms with E-state index in [0.29, 0.717) is 17.0 Å². The predicted molar refractivity (Wildman–Crippen MR) is 90.4 cm³/mol. The van der Waals surface area contributed by atoms with E-state index in [-0.39, 0.29) is 11.9 Å². The SMILES string of the molecule is CCNC(Cc1ccc(Cl)cc1F)c1cccc(C)c1Br. The van der Waals surface area contributed by atoms with Crippen molar-refractivity contribution in [3.05, 3.63) is 68.4 Å². The van der Waals surface area contributed by atoms with E-state index in [1.165, 1.54) is 11.6 Å². The number of benzene rings is 2. The van der Waals surface area contributed by atoms with Gasteiger partial charge in [0.15, 0.2) is 0 Å². The zero-order valence-corrected chi connectivity index (χ0v) is 14.4. The molecule has 0 aliphatic heterocycles. The Hall–Kier alpha value is -0.900. The van der Waals surface area contributed by atoms with Gasteiger partial charge >= 0.3 is 0 Å². The number of rotatable bonds is 5. The average Bonchev–Trinajstić information content (AvgIpc) is 2.44. The Morgan fingerprint density at radius 2 is 2.05 bits per heavy atom. The molecule has 1 N–H and O–H groups in total. The lowest BCUT2D eigenvalue weighted by molar-refractivity contribution is 0.526. The molecule has 0 aliphatic carbocycles. The molecule has 0 spiro atoms. The second-order valence-electron chi connectivity index (χ2n) is 5.03. The quantitative estimate of drug-likeness (QED) is 0.738. The summed E-state index contributed by atoms with van der Waals surface area (Å²) >= 11 is 9.45. The lowest BCUT2D eigenvalue weighted by atomic mass is 9.97. The predicted octanol–water partition coefficient (Wildman–Crippen LogP) is 5.44. The van der Waals surface area contributed by atoms with Gasteiger partial charge in [0.05, 0.1) is 0 Å². The summed E-state index contributed by atoms with van der Waals surface area (Å²) in [6.45, 7) is 4.93. The smallest absolute Gasteiger partial charge is 0.127 e. The molecule has 2 aromatic rings. The van der Waals surface area contributed by atoms with Gasteiger partial charge in [0.2, 0.25) is 0 Å². The van der Waals surface area contributed by atoms with Crippen molar-refractivity contribution in [3.63, 3.8) is 0 Å². The number of aryl methyl sites for hydroxylation is 1. The van der Waals surface area contributed by atoms with Crippen LogP contribution in [-0.2, 0) is 6.42 Å². The van der Waals surface area contributed by atoms with Crippen molar-refractivity contribution in [2.45, 2.75) is 26.3 Å². The lowest BCUT2D eigenvalue weighted by Crippen LogP contribution is -2.24. The van der Waals surface area contributed by atoms with Crippen LogP contribution in [0.4, 0.5) is 4.39 Å². The van der Waals surface area contributed by atoms with E-state index in [1.807, 2.05) is 6.07 Å². The molecule has 1 nitrogen and oxygen atoms in total. The first-order chi connectivity index (χ1) is 10.0. The number of likely N-dealkylation sites (N-methyl/N-ethyl adjacent to an activating group) is 1. The van der Waals surface area contributed by atoms with Gasteiger partial charge in [-0.25, -0.2) is 4.39 Å². The molecule has 0 fully saturated rings. The van der Waals surface area contributed by atoms with Gasteiger partial charge in [-0.1, -0.05) is 58.7 Å². The van der Waals surface area contributed by atoms with E-state index in [4.69, 9.17) is 11.6 Å². The first-order valence-electron chi connectivity index (χ1n) is 6.95. The molecule has 0 aliphatic rings. The molecule has 0 heterocycles. The van der Waals surface area contributed by atoms with Crippen molar-refractivity contribution in [1.29, 1.82) is 0 Å². The first kappa shape index (κ1) is 16.5. The molecule has 21 heavy (non-hydrogen) atoms. The molecule has 0 amide bonds. The van der Waals surface area contributed by atoms with Crippen LogP contribution in [0.5, 0.6) is 0 Å². The highest BCUT2D eigenvalue weighted by atomic mass is 79.9. The van der Waals surface area contributed by atoms with Crippen LogP contribution in [0.15, 0.2) is 40.9 Å². The van der Waals surface area contributed by atoms with E-state index in [9.17, 15) is 4.39 Å². The minimum absolute atomic E-state index is 0.0555. The molecule has 1 atom stereocenters. The Kier molecular flexibility index (Phi) is 5.80. The minimum Gasteiger partial charge on any atom is -0.310 e. The van der Waals surface area contributed by atoms with Crippen molar-refractivity contribution in [2.24, 2.45) is 0 Å². The van der Waals surface area contributed by atoms with Gasteiger partial charge in [-0.2, -0.15) is 0 Å². The standard InChI is InChI=1S/C17H18BrClFN/c1-3-21-16(14-6-4-5-11(2)17(14)18)9-12-7-8-13(19)10-15(12)20/h4-8,10,16,21H,3,9H2,1-2H3. The summed E-state index contributed by atoms with van der Waals surface area (Å²) in [6.07, 6.45) is 0.582. The fourth-order valence-corrected chi connectivity index (χ4v) is 3.08. The molecule has 2 rings (SSSR count). The molecular formula is C17H18BrClFN. The summed E-state index contributed by atoms with van der Waals surface area (Å²) in [6, 6.07) is 11.1. The van der Waals surface area contributed by atoms with E-state index in [1.54, 1.807) is 12.1 Å². The number of halogens is 3. The highest BCUT2D eigenvalue weighted by molar-refractivity contribution is 9.10. The molecule has 0 bridgehead atoms. The summed E-state index contributed by atoms with van der Waals surface area (Å²) in [5.74, 6) is -0.255. The average molecular weight is 371 g/mol. The van der Waals surface area contributed by atoms with E-state index in [0.717, 1.165) is 16.6 Å². The maximum Gasteiger partial charge on any atom is 0.127 e. The van der Waals surface area contributed by atoms with Gasteiger partial charge in [0.1, 0.15) is 5.82 Å². The van der Waals surface area contributed by atoms with Crippen LogP contribution in [0.25, 0.3) is 0 Å². The van der Waals surface area contributed by atoms with Crippen molar-refractivity contribution < 1.29 is 4.39 Å². The third kappa shape index (κ3) is 4.06. The van der Waals surface area contributed by atoms with Gasteiger partial charge in [0.25, 0.3) is 0 Å². The van der Waals surface area contributed by atoms with E-state index in [2.05, 4.69) is 47.2 Å². The van der Waals surface area contributed by atoms with Crippen LogP contribution in [-0.4, -0.2) is 6.54 Å². The first-order valence-corrected chi connectivity index (χ1v) is 8.12. The lowest BCUT2D eigenvalue weighted by Gasteiger charge is -2.21. The topological polar surface area (TPSA) is 12.0 Å². The fraction of sp³-hybridized carbons (Fsp3) is 0.294. The Bertz CT molecular complexity index is 630. The van der Waals surface area contributed by atoms with Crippen molar-refractivity contribution in [1.82, 2.24) is 5.32 Å². The largest absolute Gasteiger partial charge is 0.310 e. The monoisotopic (exact) mass is 369 g/mol. The van der Waals surface area contributed by atoms with Crippen LogP contribution >= 0.6 is 27.5 Å². The van der Waals surface area contributed by atoms with Crippen LogP contribution in [0.2, 0.25) is 5.02 Å². The zero-order chi connectivity index (χ0) is 15.4. The van der Waals surface area contributed by atoms with Gasteiger partial charge in [-0.15, -0.1) is 0 Å². The van der Waals surface area contributed by atoms with Crippen molar-refractivity contribution in [2.75, 3.05) is 6.54 Å². The molecule has 2 aromatic carbocycles. The highest BCUT2D eigenvalue weighted by Gasteiger charge is 2.17. The summed E-state index contributed by atoms with van der Waals surface area (Å²) < 4.78 is 15.1. The van der Waals surface area contributed by atoms with Gasteiger partial charge in [-0.3, -0.25) is 0 Å². The molecule has 0 radical (unpaired) electrons. The van der Waals surface area contributed by atoms with E-state index < -0.39 is 0 Å². The van der Waals surface area contributed by atoms with Crippen LogP contribution in [0.1, 0.15) is 29.7 Å². The Morgan fingerprint density at radius 3 is 2.71 bits per heavy atom. The molecule has 112 valence electrons.